The summed E-state index contributed by atoms with van der Waals surface area (Å²) in [5.74, 6) is -1.80. The molecule has 0 aliphatic heterocycles. The summed E-state index contributed by atoms with van der Waals surface area (Å²) in [5, 5.41) is 14.1. The van der Waals surface area contributed by atoms with E-state index in [2.05, 4.69) is 20.4 Å². The third-order valence-corrected chi connectivity index (χ3v) is 3.97. The summed E-state index contributed by atoms with van der Waals surface area (Å²) in [4.78, 5) is 15.5. The lowest BCUT2D eigenvalue weighted by Crippen LogP contribution is -2.52. The number of carbonyl (C=O) groups is 1. The molecule has 152 valence electrons. The van der Waals surface area contributed by atoms with E-state index >= 15 is 0 Å². The van der Waals surface area contributed by atoms with Gasteiger partial charge in [-0.15, -0.1) is 0 Å². The number of alkyl halides is 6. The molecule has 1 unspecified atom stereocenters. The minimum absolute atomic E-state index is 0.224. The number of aromatic nitrogens is 1. The van der Waals surface area contributed by atoms with Crippen LogP contribution in [0.1, 0.15) is 24.4 Å². The molecule has 12 heteroatoms. The Kier molecular flexibility index (Phi) is 6.39. The van der Waals surface area contributed by atoms with E-state index in [-0.39, 0.29) is 24.3 Å². The van der Waals surface area contributed by atoms with E-state index in [1.165, 1.54) is 6.07 Å². The van der Waals surface area contributed by atoms with Gasteiger partial charge in [0.05, 0.1) is 18.6 Å². The molecule has 2 rings (SSSR count). The number of amides is 2. The second kappa shape index (κ2) is 8.19. The van der Waals surface area contributed by atoms with Crippen molar-refractivity contribution in [3.8, 4) is 5.88 Å². The lowest BCUT2D eigenvalue weighted by molar-refractivity contribution is -0.198. The normalized spacial score (nSPS) is 21.1. The van der Waals surface area contributed by atoms with Crippen LogP contribution in [-0.2, 0) is 0 Å². The summed E-state index contributed by atoms with van der Waals surface area (Å²) < 4.78 is 78.3. The van der Waals surface area contributed by atoms with Gasteiger partial charge in [0.25, 0.3) is 0 Å². The van der Waals surface area contributed by atoms with Crippen molar-refractivity contribution in [3.05, 3.63) is 23.9 Å². The van der Waals surface area contributed by atoms with Crippen LogP contribution in [0.4, 0.5) is 31.1 Å². The zero-order chi connectivity index (χ0) is 20.2. The number of nitrogens with one attached hydrogen (secondary N) is 2. The highest BCUT2D eigenvalue weighted by molar-refractivity contribution is 5.75. The summed E-state index contributed by atoms with van der Waals surface area (Å²) >= 11 is 0. The number of aliphatic hydroxyl groups is 1. The van der Waals surface area contributed by atoms with Gasteiger partial charge in [-0.1, -0.05) is 0 Å². The van der Waals surface area contributed by atoms with E-state index in [9.17, 15) is 36.2 Å². The van der Waals surface area contributed by atoms with Crippen LogP contribution in [0.5, 0.6) is 5.88 Å². The molecule has 3 N–H and O–H groups in total. The zero-order valence-corrected chi connectivity index (χ0v) is 13.8. The van der Waals surface area contributed by atoms with Gasteiger partial charge in [0.2, 0.25) is 5.88 Å². The Morgan fingerprint density at radius 3 is 2.52 bits per heavy atom. The number of halogens is 6. The van der Waals surface area contributed by atoms with Crippen LogP contribution < -0.4 is 15.4 Å². The first-order valence-corrected chi connectivity index (χ1v) is 7.88. The van der Waals surface area contributed by atoms with Gasteiger partial charge in [0.15, 0.2) is 6.61 Å². The van der Waals surface area contributed by atoms with Gasteiger partial charge in [-0.3, -0.25) is 0 Å². The summed E-state index contributed by atoms with van der Waals surface area (Å²) in [5.41, 5.74) is 0.224. The van der Waals surface area contributed by atoms with Crippen molar-refractivity contribution in [1.82, 2.24) is 15.6 Å². The number of hydrogen-bond donors (Lipinski definition) is 3. The first-order valence-electron chi connectivity index (χ1n) is 7.88. The third kappa shape index (κ3) is 6.45. The van der Waals surface area contributed by atoms with E-state index < -0.39 is 49.6 Å². The van der Waals surface area contributed by atoms with Crippen molar-refractivity contribution in [2.45, 2.75) is 37.3 Å². The van der Waals surface area contributed by atoms with Crippen LogP contribution in [0.15, 0.2) is 18.3 Å². The molecule has 0 aromatic carbocycles. The van der Waals surface area contributed by atoms with Crippen molar-refractivity contribution in [2.75, 3.05) is 13.2 Å². The molecule has 1 saturated carbocycles. The average Bonchev–Trinajstić information content (AvgIpc) is 2.52. The number of rotatable bonds is 6. The molecule has 0 bridgehead atoms. The van der Waals surface area contributed by atoms with Gasteiger partial charge in [0.1, 0.15) is 0 Å². The predicted octanol–water partition coefficient (Wildman–Crippen LogP) is 2.70. The fraction of sp³-hybridized carbons (Fsp3) is 0.600. The van der Waals surface area contributed by atoms with Crippen LogP contribution in [0.3, 0.4) is 0 Å². The number of urea groups is 1. The topological polar surface area (TPSA) is 83.5 Å². The van der Waals surface area contributed by atoms with Crippen molar-refractivity contribution in [2.24, 2.45) is 5.92 Å². The Balaban J connectivity index is 1.88. The van der Waals surface area contributed by atoms with E-state index in [0.29, 0.717) is 0 Å². The molecule has 2 amide bonds. The molecule has 0 spiro atoms. The van der Waals surface area contributed by atoms with Gasteiger partial charge in [-0.25, -0.2) is 9.78 Å². The first-order chi connectivity index (χ1) is 12.5. The summed E-state index contributed by atoms with van der Waals surface area (Å²) in [7, 11) is 0. The first kappa shape index (κ1) is 21.1. The van der Waals surface area contributed by atoms with Gasteiger partial charge in [-0.05, 0) is 24.5 Å². The van der Waals surface area contributed by atoms with Crippen LogP contribution in [0.2, 0.25) is 0 Å². The van der Waals surface area contributed by atoms with Crippen molar-refractivity contribution >= 4 is 6.03 Å². The highest BCUT2D eigenvalue weighted by Gasteiger charge is 2.48. The molecule has 6 nitrogen and oxygen atoms in total. The minimum Gasteiger partial charge on any atom is -0.468 e. The Bertz CT molecular complexity index is 646. The van der Waals surface area contributed by atoms with Crippen LogP contribution in [0, 0.1) is 5.92 Å². The number of aliphatic hydroxyl groups excluding tert-OH is 1. The number of pyridine rings is 1. The van der Waals surface area contributed by atoms with E-state index in [0.717, 1.165) is 12.3 Å². The molecular formula is C15H17F6N3O3. The van der Waals surface area contributed by atoms with E-state index in [4.69, 9.17) is 0 Å². The Labute approximate surface area is 149 Å². The maximum absolute atomic E-state index is 12.4. The van der Waals surface area contributed by atoms with Gasteiger partial charge >= 0.3 is 18.4 Å². The van der Waals surface area contributed by atoms with Crippen molar-refractivity contribution in [1.29, 1.82) is 0 Å². The van der Waals surface area contributed by atoms with E-state index in [1.807, 2.05) is 0 Å². The highest BCUT2D eigenvalue weighted by Crippen LogP contribution is 2.40. The Morgan fingerprint density at radius 2 is 1.96 bits per heavy atom. The van der Waals surface area contributed by atoms with E-state index in [1.54, 1.807) is 0 Å². The Morgan fingerprint density at radius 1 is 1.30 bits per heavy atom. The van der Waals surface area contributed by atoms with Gasteiger partial charge in [-0.2, -0.15) is 26.3 Å². The monoisotopic (exact) mass is 401 g/mol. The molecule has 27 heavy (non-hydrogen) atoms. The average molecular weight is 401 g/mol. The maximum atomic E-state index is 12.4. The quantitative estimate of drug-likeness (QED) is 0.640. The van der Waals surface area contributed by atoms with Crippen molar-refractivity contribution < 1.29 is 41.0 Å². The molecule has 0 radical (unpaired) electrons. The summed E-state index contributed by atoms with van der Waals surface area (Å²) in [6, 6.07) is 0.0358. The molecular weight excluding hydrogens is 384 g/mol. The molecule has 1 aliphatic rings. The molecule has 1 atom stereocenters. The maximum Gasteiger partial charge on any atom is 0.422 e. The zero-order valence-electron chi connectivity index (χ0n) is 13.8. The fourth-order valence-electron chi connectivity index (χ4n) is 2.50. The van der Waals surface area contributed by atoms with Crippen LogP contribution >= 0.6 is 0 Å². The summed E-state index contributed by atoms with van der Waals surface area (Å²) in [6.45, 7) is -2.14. The number of nitrogens with zero attached hydrogens (tertiary/aromatic N) is 1. The van der Waals surface area contributed by atoms with Gasteiger partial charge < -0.3 is 20.5 Å². The summed E-state index contributed by atoms with van der Waals surface area (Å²) in [6.07, 6.45) is -8.17. The predicted molar refractivity (Wildman–Crippen MR) is 79.8 cm³/mol. The lowest BCUT2D eigenvalue weighted by atomic mass is 9.80. The molecule has 1 aliphatic carbocycles. The van der Waals surface area contributed by atoms with Crippen LogP contribution in [-0.4, -0.2) is 47.7 Å². The largest absolute Gasteiger partial charge is 0.468 e. The second-order valence-corrected chi connectivity index (χ2v) is 6.09. The minimum atomic E-state index is -4.55. The molecule has 1 fully saturated rings. The SMILES string of the molecule is O=C(NC1CC(C(F)(F)F)C1)NC(CO)c1ccnc(OCC(F)(F)F)c1. The smallest absolute Gasteiger partial charge is 0.422 e. The fourth-order valence-corrected chi connectivity index (χ4v) is 2.50. The number of carbonyl (C=O) groups excluding carboxylic acids is 1. The molecule has 1 aromatic rings. The third-order valence-electron chi connectivity index (χ3n) is 3.97. The standard InChI is InChI=1S/C15H17F6N3O3/c16-14(17,18)7-27-12-3-8(1-2-22-12)11(6-25)24-13(26)23-10-4-9(5-10)15(19,20)21/h1-3,9-11,25H,4-7H2,(H2,23,24,26). The van der Waals surface area contributed by atoms with Crippen molar-refractivity contribution in [3.63, 3.8) is 0 Å². The highest BCUT2D eigenvalue weighted by atomic mass is 19.4. The number of hydrogen-bond acceptors (Lipinski definition) is 4. The second-order valence-electron chi connectivity index (χ2n) is 6.09. The molecule has 1 heterocycles. The number of ether oxygens (including phenoxy) is 1. The van der Waals surface area contributed by atoms with Gasteiger partial charge in [0, 0.05) is 18.3 Å². The molecule has 1 aromatic heterocycles. The Hall–Kier alpha value is -2.24. The molecule has 0 saturated heterocycles. The lowest BCUT2D eigenvalue weighted by Gasteiger charge is -2.37. The van der Waals surface area contributed by atoms with Crippen LogP contribution in [0.25, 0.3) is 0 Å².